The lowest BCUT2D eigenvalue weighted by atomic mass is 10.2. The molecule has 16 heavy (non-hydrogen) atoms. The van der Waals surface area contributed by atoms with Gasteiger partial charge in [-0.25, -0.2) is 0 Å². The van der Waals surface area contributed by atoms with Crippen LogP contribution in [0.15, 0.2) is 17.5 Å². The van der Waals surface area contributed by atoms with Crippen LogP contribution in [0.4, 0.5) is 13.2 Å². The highest BCUT2D eigenvalue weighted by Crippen LogP contribution is 2.21. The summed E-state index contributed by atoms with van der Waals surface area (Å²) in [6.07, 6.45) is -3.70. The zero-order chi connectivity index (χ0) is 12.0. The number of alkyl halides is 3. The molecule has 0 aromatic carbocycles. The van der Waals surface area contributed by atoms with Crippen molar-refractivity contribution in [3.63, 3.8) is 0 Å². The van der Waals surface area contributed by atoms with E-state index in [0.29, 0.717) is 0 Å². The molecular weight excluding hydrogens is 239 g/mol. The SMILES string of the molecule is CCC(NCCOC(F)(F)F)c1cccs1. The molecule has 1 N–H and O–H groups in total. The first-order valence-electron chi connectivity index (χ1n) is 5.00. The number of thiophene rings is 1. The highest BCUT2D eigenvalue weighted by atomic mass is 32.1. The average Bonchev–Trinajstić information content (AvgIpc) is 2.69. The van der Waals surface area contributed by atoms with Crippen LogP contribution in [0, 0.1) is 0 Å². The molecule has 0 saturated carbocycles. The number of rotatable bonds is 6. The highest BCUT2D eigenvalue weighted by Gasteiger charge is 2.28. The Labute approximate surface area is 96.4 Å². The van der Waals surface area contributed by atoms with Gasteiger partial charge in [0.1, 0.15) is 0 Å². The van der Waals surface area contributed by atoms with Gasteiger partial charge in [-0.1, -0.05) is 13.0 Å². The van der Waals surface area contributed by atoms with Crippen molar-refractivity contribution < 1.29 is 17.9 Å². The Morgan fingerprint density at radius 3 is 2.75 bits per heavy atom. The van der Waals surface area contributed by atoms with E-state index in [1.54, 1.807) is 11.3 Å². The smallest absolute Gasteiger partial charge is 0.307 e. The number of nitrogens with one attached hydrogen (secondary N) is 1. The van der Waals surface area contributed by atoms with Crippen LogP contribution in [-0.4, -0.2) is 19.5 Å². The van der Waals surface area contributed by atoms with E-state index in [2.05, 4.69) is 10.1 Å². The monoisotopic (exact) mass is 253 g/mol. The summed E-state index contributed by atoms with van der Waals surface area (Å²) in [4.78, 5) is 1.13. The average molecular weight is 253 g/mol. The maximum absolute atomic E-state index is 11.7. The summed E-state index contributed by atoms with van der Waals surface area (Å²) in [6, 6.07) is 4.00. The minimum atomic E-state index is -4.54. The zero-order valence-electron chi connectivity index (χ0n) is 8.88. The first kappa shape index (κ1) is 13.5. The van der Waals surface area contributed by atoms with Crippen molar-refractivity contribution in [3.8, 4) is 0 Å². The fourth-order valence-corrected chi connectivity index (χ4v) is 2.22. The Morgan fingerprint density at radius 2 is 2.25 bits per heavy atom. The van der Waals surface area contributed by atoms with Crippen LogP contribution in [0.5, 0.6) is 0 Å². The fourth-order valence-electron chi connectivity index (χ4n) is 1.34. The Morgan fingerprint density at radius 1 is 1.50 bits per heavy atom. The topological polar surface area (TPSA) is 21.3 Å². The van der Waals surface area contributed by atoms with Gasteiger partial charge in [-0.05, 0) is 17.9 Å². The number of halogens is 3. The Kier molecular flexibility index (Phi) is 5.24. The first-order valence-corrected chi connectivity index (χ1v) is 5.88. The molecule has 0 fully saturated rings. The lowest BCUT2D eigenvalue weighted by molar-refractivity contribution is -0.323. The molecule has 0 spiro atoms. The molecular formula is C10H14F3NOS. The molecule has 6 heteroatoms. The Balaban J connectivity index is 2.25. The predicted molar refractivity (Wildman–Crippen MR) is 57.4 cm³/mol. The normalized spacial score (nSPS) is 14.0. The van der Waals surface area contributed by atoms with E-state index in [4.69, 9.17) is 0 Å². The summed E-state index contributed by atoms with van der Waals surface area (Å²) < 4.78 is 38.7. The zero-order valence-corrected chi connectivity index (χ0v) is 9.70. The summed E-state index contributed by atoms with van der Waals surface area (Å²) in [5.41, 5.74) is 0. The molecule has 0 bridgehead atoms. The lowest BCUT2D eigenvalue weighted by Crippen LogP contribution is -2.27. The largest absolute Gasteiger partial charge is 0.522 e. The third-order valence-electron chi connectivity index (χ3n) is 2.05. The van der Waals surface area contributed by atoms with Gasteiger partial charge in [0, 0.05) is 17.5 Å². The molecule has 0 aliphatic carbocycles. The van der Waals surface area contributed by atoms with Gasteiger partial charge in [0.25, 0.3) is 0 Å². The summed E-state index contributed by atoms with van der Waals surface area (Å²) in [5, 5.41) is 4.98. The molecule has 0 aliphatic rings. The van der Waals surface area contributed by atoms with Crippen LogP contribution in [-0.2, 0) is 4.74 Å². The molecule has 2 nitrogen and oxygen atoms in total. The maximum atomic E-state index is 11.7. The van der Waals surface area contributed by atoms with Crippen LogP contribution in [0.1, 0.15) is 24.3 Å². The van der Waals surface area contributed by atoms with E-state index in [-0.39, 0.29) is 19.2 Å². The van der Waals surface area contributed by atoms with Crippen molar-refractivity contribution in [1.29, 1.82) is 0 Å². The van der Waals surface area contributed by atoms with Crippen LogP contribution in [0.2, 0.25) is 0 Å². The van der Waals surface area contributed by atoms with Crippen LogP contribution in [0.3, 0.4) is 0 Å². The van der Waals surface area contributed by atoms with E-state index in [0.717, 1.165) is 11.3 Å². The number of ether oxygens (including phenoxy) is 1. The molecule has 1 unspecified atom stereocenters. The van der Waals surface area contributed by atoms with Gasteiger partial charge in [-0.2, -0.15) is 0 Å². The van der Waals surface area contributed by atoms with E-state index in [9.17, 15) is 13.2 Å². The van der Waals surface area contributed by atoms with E-state index in [1.165, 1.54) is 0 Å². The molecule has 0 radical (unpaired) electrons. The van der Waals surface area contributed by atoms with E-state index >= 15 is 0 Å². The van der Waals surface area contributed by atoms with Gasteiger partial charge >= 0.3 is 6.36 Å². The number of hydrogen-bond donors (Lipinski definition) is 1. The molecule has 1 aromatic rings. The third kappa shape index (κ3) is 4.96. The molecule has 0 amide bonds. The second kappa shape index (κ2) is 6.22. The molecule has 0 aliphatic heterocycles. The van der Waals surface area contributed by atoms with E-state index in [1.807, 2.05) is 24.4 Å². The predicted octanol–water partition coefficient (Wildman–Crippen LogP) is 3.33. The summed E-state index contributed by atoms with van der Waals surface area (Å²) in [5.74, 6) is 0. The van der Waals surface area contributed by atoms with Gasteiger partial charge < -0.3 is 5.32 Å². The van der Waals surface area contributed by atoms with Crippen molar-refractivity contribution in [3.05, 3.63) is 22.4 Å². The standard InChI is InChI=1S/C10H14F3NOS/c1-2-8(9-4-3-7-16-9)14-5-6-15-10(11,12)13/h3-4,7-8,14H,2,5-6H2,1H3. The second-order valence-electron chi connectivity index (χ2n) is 3.22. The van der Waals surface area contributed by atoms with Crippen molar-refractivity contribution >= 4 is 11.3 Å². The maximum Gasteiger partial charge on any atom is 0.522 e. The Hall–Kier alpha value is -0.590. The minimum Gasteiger partial charge on any atom is -0.307 e. The van der Waals surface area contributed by atoms with Gasteiger partial charge in [0.2, 0.25) is 0 Å². The van der Waals surface area contributed by atoms with Crippen molar-refractivity contribution in [2.75, 3.05) is 13.2 Å². The quantitative estimate of drug-likeness (QED) is 0.785. The first-order chi connectivity index (χ1) is 7.53. The van der Waals surface area contributed by atoms with Crippen LogP contribution in [0.25, 0.3) is 0 Å². The van der Waals surface area contributed by atoms with Crippen molar-refractivity contribution in [1.82, 2.24) is 5.32 Å². The summed E-state index contributed by atoms with van der Waals surface area (Å²) in [6.45, 7) is 1.82. The van der Waals surface area contributed by atoms with Gasteiger partial charge in [0.05, 0.1) is 6.61 Å². The minimum absolute atomic E-state index is 0.108. The molecule has 1 heterocycles. The third-order valence-corrected chi connectivity index (χ3v) is 3.04. The van der Waals surface area contributed by atoms with Crippen molar-refractivity contribution in [2.45, 2.75) is 25.7 Å². The van der Waals surface area contributed by atoms with E-state index < -0.39 is 6.36 Å². The highest BCUT2D eigenvalue weighted by molar-refractivity contribution is 7.10. The lowest BCUT2D eigenvalue weighted by Gasteiger charge is -2.15. The van der Waals surface area contributed by atoms with Gasteiger partial charge in [-0.15, -0.1) is 24.5 Å². The molecule has 1 rings (SSSR count). The molecule has 0 saturated heterocycles. The van der Waals surface area contributed by atoms with Crippen LogP contribution >= 0.6 is 11.3 Å². The number of hydrogen-bond acceptors (Lipinski definition) is 3. The summed E-state index contributed by atoms with van der Waals surface area (Å²) in [7, 11) is 0. The molecule has 92 valence electrons. The molecule has 1 aromatic heterocycles. The van der Waals surface area contributed by atoms with Gasteiger partial charge in [0.15, 0.2) is 0 Å². The van der Waals surface area contributed by atoms with Gasteiger partial charge in [-0.3, -0.25) is 4.74 Å². The fraction of sp³-hybridized carbons (Fsp3) is 0.600. The second-order valence-corrected chi connectivity index (χ2v) is 4.20. The molecule has 1 atom stereocenters. The van der Waals surface area contributed by atoms with Crippen molar-refractivity contribution in [2.24, 2.45) is 0 Å². The van der Waals surface area contributed by atoms with Crippen LogP contribution < -0.4 is 5.32 Å². The summed E-state index contributed by atoms with van der Waals surface area (Å²) >= 11 is 1.59. The Bertz CT molecular complexity index is 287.